The average Bonchev–Trinajstić information content (AvgIpc) is 2.69. The van der Waals surface area contributed by atoms with E-state index in [1.807, 2.05) is 54.6 Å². The maximum absolute atomic E-state index is 11.9. The van der Waals surface area contributed by atoms with Crippen molar-refractivity contribution >= 4 is 23.7 Å². The van der Waals surface area contributed by atoms with Crippen LogP contribution >= 0.6 is 11.6 Å². The maximum atomic E-state index is 11.9. The quantitative estimate of drug-likeness (QED) is 0.510. The van der Waals surface area contributed by atoms with E-state index in [-0.39, 0.29) is 5.91 Å². The highest BCUT2D eigenvalue weighted by atomic mass is 35.5. The molecule has 3 rings (SSSR count). The number of hydrazone groups is 1. The molecule has 130 valence electrons. The van der Waals surface area contributed by atoms with E-state index in [2.05, 4.69) is 10.5 Å². The predicted octanol–water partition coefficient (Wildman–Crippen LogP) is 4.68. The van der Waals surface area contributed by atoms with E-state index in [0.717, 1.165) is 16.9 Å². The number of ether oxygens (including phenoxy) is 1. The highest BCUT2D eigenvalue weighted by Crippen LogP contribution is 2.15. The summed E-state index contributed by atoms with van der Waals surface area (Å²) in [5.41, 5.74) is 4.97. The molecule has 0 heterocycles. The molecule has 0 saturated carbocycles. The molecular weight excluding hydrogens is 348 g/mol. The van der Waals surface area contributed by atoms with E-state index in [1.54, 1.807) is 30.5 Å². The molecule has 0 aromatic heterocycles. The van der Waals surface area contributed by atoms with Crippen molar-refractivity contribution in [1.82, 2.24) is 5.43 Å². The second kappa shape index (κ2) is 8.83. The number of benzene rings is 3. The standard InChI is InChI=1S/C21H17ClN2O2/c22-19-10-6-17(7-11-19)15-26-20-12-8-16(9-13-20)14-23-24-21(25)18-4-2-1-3-5-18/h1-14H,15H2,(H,24,25). The number of hydrogen-bond donors (Lipinski definition) is 1. The number of halogens is 1. The summed E-state index contributed by atoms with van der Waals surface area (Å²) in [4.78, 5) is 11.9. The van der Waals surface area contributed by atoms with Crippen LogP contribution in [0.4, 0.5) is 0 Å². The van der Waals surface area contributed by atoms with Crippen molar-refractivity contribution < 1.29 is 9.53 Å². The lowest BCUT2D eigenvalue weighted by Gasteiger charge is -2.06. The highest BCUT2D eigenvalue weighted by molar-refractivity contribution is 6.30. The molecule has 0 atom stereocenters. The van der Waals surface area contributed by atoms with Crippen LogP contribution in [-0.4, -0.2) is 12.1 Å². The lowest BCUT2D eigenvalue weighted by Crippen LogP contribution is -2.17. The van der Waals surface area contributed by atoms with Crippen LogP contribution < -0.4 is 10.2 Å². The Kier molecular flexibility index (Phi) is 6.01. The van der Waals surface area contributed by atoms with E-state index in [1.165, 1.54) is 0 Å². The minimum absolute atomic E-state index is 0.246. The first-order valence-electron chi connectivity index (χ1n) is 8.06. The Hall–Kier alpha value is -3.11. The first-order chi connectivity index (χ1) is 12.7. The van der Waals surface area contributed by atoms with Crippen molar-refractivity contribution in [2.45, 2.75) is 6.61 Å². The minimum Gasteiger partial charge on any atom is -0.489 e. The average molecular weight is 365 g/mol. The summed E-state index contributed by atoms with van der Waals surface area (Å²) in [6.45, 7) is 0.470. The van der Waals surface area contributed by atoms with Gasteiger partial charge in [-0.25, -0.2) is 5.43 Å². The summed E-state index contributed by atoms with van der Waals surface area (Å²) in [6.07, 6.45) is 1.59. The van der Waals surface area contributed by atoms with Crippen LogP contribution in [0.2, 0.25) is 5.02 Å². The molecule has 0 bridgehead atoms. The van der Waals surface area contributed by atoms with Crippen LogP contribution in [0.25, 0.3) is 0 Å². The zero-order valence-corrected chi connectivity index (χ0v) is 14.7. The first kappa shape index (κ1) is 17.7. The molecule has 0 aliphatic carbocycles. The largest absolute Gasteiger partial charge is 0.489 e. The SMILES string of the molecule is O=C(NN=Cc1ccc(OCc2ccc(Cl)cc2)cc1)c1ccccc1. The first-order valence-corrected chi connectivity index (χ1v) is 8.44. The summed E-state index contributed by atoms with van der Waals surface area (Å²) in [5, 5.41) is 4.68. The van der Waals surface area contributed by atoms with Crippen LogP contribution in [0.3, 0.4) is 0 Å². The van der Waals surface area contributed by atoms with E-state index in [9.17, 15) is 4.79 Å². The van der Waals surface area contributed by atoms with Gasteiger partial charge in [0.15, 0.2) is 0 Å². The molecular formula is C21H17ClN2O2. The highest BCUT2D eigenvalue weighted by Gasteiger charge is 2.01. The number of nitrogens with one attached hydrogen (secondary N) is 1. The molecule has 0 radical (unpaired) electrons. The summed E-state index contributed by atoms with van der Waals surface area (Å²) >= 11 is 5.86. The molecule has 1 amide bonds. The van der Waals surface area contributed by atoms with Crippen molar-refractivity contribution in [3.8, 4) is 5.75 Å². The number of amides is 1. The molecule has 0 unspecified atom stereocenters. The number of nitrogens with zero attached hydrogens (tertiary/aromatic N) is 1. The molecule has 3 aromatic carbocycles. The summed E-state index contributed by atoms with van der Waals surface area (Å²) in [7, 11) is 0. The molecule has 0 fully saturated rings. The maximum Gasteiger partial charge on any atom is 0.271 e. The van der Waals surface area contributed by atoms with Gasteiger partial charge in [0.25, 0.3) is 5.91 Å². The molecule has 0 aliphatic rings. The predicted molar refractivity (Wildman–Crippen MR) is 104 cm³/mol. The van der Waals surface area contributed by atoms with Crippen LogP contribution in [-0.2, 0) is 6.61 Å². The molecule has 1 N–H and O–H groups in total. The fraction of sp³-hybridized carbons (Fsp3) is 0.0476. The molecule has 5 heteroatoms. The molecule has 4 nitrogen and oxygen atoms in total. The second-order valence-corrected chi connectivity index (χ2v) is 5.99. The van der Waals surface area contributed by atoms with E-state index >= 15 is 0 Å². The van der Waals surface area contributed by atoms with Crippen molar-refractivity contribution in [3.63, 3.8) is 0 Å². The van der Waals surface area contributed by atoms with Gasteiger partial charge in [-0.05, 0) is 59.7 Å². The normalized spacial score (nSPS) is 10.7. The monoisotopic (exact) mass is 364 g/mol. The Morgan fingerprint density at radius 1 is 0.962 bits per heavy atom. The summed E-state index contributed by atoms with van der Waals surface area (Å²) < 4.78 is 5.73. The fourth-order valence-corrected chi connectivity index (χ4v) is 2.34. The van der Waals surface area contributed by atoms with Crippen molar-refractivity contribution in [3.05, 3.63) is 101 Å². The van der Waals surface area contributed by atoms with Gasteiger partial charge in [-0.1, -0.05) is 41.9 Å². The van der Waals surface area contributed by atoms with Crippen molar-refractivity contribution in [2.75, 3.05) is 0 Å². The van der Waals surface area contributed by atoms with Gasteiger partial charge in [0.05, 0.1) is 6.21 Å². The number of rotatable bonds is 6. The van der Waals surface area contributed by atoms with Crippen molar-refractivity contribution in [1.29, 1.82) is 0 Å². The zero-order valence-electron chi connectivity index (χ0n) is 13.9. The van der Waals surface area contributed by atoms with Gasteiger partial charge in [0.1, 0.15) is 12.4 Å². The van der Waals surface area contributed by atoms with Gasteiger partial charge >= 0.3 is 0 Å². The van der Waals surface area contributed by atoms with Gasteiger partial charge in [-0.15, -0.1) is 0 Å². The molecule has 3 aromatic rings. The Balaban J connectivity index is 1.51. The Morgan fingerprint density at radius 2 is 1.65 bits per heavy atom. The smallest absolute Gasteiger partial charge is 0.271 e. The van der Waals surface area contributed by atoms with E-state index in [4.69, 9.17) is 16.3 Å². The van der Waals surface area contributed by atoms with E-state index < -0.39 is 0 Å². The number of carbonyl (C=O) groups is 1. The molecule has 0 aliphatic heterocycles. The third-order valence-electron chi connectivity index (χ3n) is 3.61. The lowest BCUT2D eigenvalue weighted by atomic mass is 10.2. The van der Waals surface area contributed by atoms with Gasteiger partial charge in [-0.2, -0.15) is 5.10 Å². The number of carbonyl (C=O) groups excluding carboxylic acids is 1. The van der Waals surface area contributed by atoms with Crippen LogP contribution in [0.1, 0.15) is 21.5 Å². The molecule has 0 saturated heterocycles. The van der Waals surface area contributed by atoms with Crippen LogP contribution in [0, 0.1) is 0 Å². The summed E-state index contributed by atoms with van der Waals surface area (Å²) in [5.74, 6) is 0.509. The van der Waals surface area contributed by atoms with Gasteiger partial charge in [-0.3, -0.25) is 4.79 Å². The minimum atomic E-state index is -0.246. The topological polar surface area (TPSA) is 50.7 Å². The second-order valence-electron chi connectivity index (χ2n) is 5.55. The lowest BCUT2D eigenvalue weighted by molar-refractivity contribution is 0.0955. The Labute approximate surface area is 157 Å². The van der Waals surface area contributed by atoms with Crippen LogP contribution in [0.5, 0.6) is 5.75 Å². The van der Waals surface area contributed by atoms with E-state index in [0.29, 0.717) is 17.2 Å². The number of hydrogen-bond acceptors (Lipinski definition) is 3. The zero-order chi connectivity index (χ0) is 18.2. The molecule has 26 heavy (non-hydrogen) atoms. The van der Waals surface area contributed by atoms with Gasteiger partial charge < -0.3 is 4.74 Å². The third kappa shape index (κ3) is 5.19. The van der Waals surface area contributed by atoms with Gasteiger partial charge in [0, 0.05) is 10.6 Å². The fourth-order valence-electron chi connectivity index (χ4n) is 2.22. The Bertz CT molecular complexity index is 876. The summed E-state index contributed by atoms with van der Waals surface area (Å²) in [6, 6.07) is 23.9. The van der Waals surface area contributed by atoms with Crippen molar-refractivity contribution in [2.24, 2.45) is 5.10 Å². The van der Waals surface area contributed by atoms with Gasteiger partial charge in [0.2, 0.25) is 0 Å². The Morgan fingerprint density at radius 3 is 2.35 bits per heavy atom. The third-order valence-corrected chi connectivity index (χ3v) is 3.87. The molecule has 0 spiro atoms. The van der Waals surface area contributed by atoms with Crippen LogP contribution in [0.15, 0.2) is 84.0 Å².